The molecule has 0 saturated carbocycles. The molecule has 4 heteroatoms. The van der Waals surface area contributed by atoms with E-state index >= 15 is 0 Å². The van der Waals surface area contributed by atoms with Gasteiger partial charge in [-0.3, -0.25) is 0 Å². The van der Waals surface area contributed by atoms with Crippen molar-refractivity contribution in [3.05, 3.63) is 0 Å². The Morgan fingerprint density at radius 3 is 2.08 bits per heavy atom. The largest absolute Gasteiger partial charge is 0.237 e. The number of rotatable bonds is 5. The van der Waals surface area contributed by atoms with Crippen LogP contribution in [-0.4, -0.2) is 17.8 Å². The molecule has 0 rings (SSSR count). The number of carbonyl (C=O) groups excluding carboxylic acids is 2. The van der Waals surface area contributed by atoms with E-state index in [1.807, 2.05) is 6.92 Å². The maximum Gasteiger partial charge on any atom is 0.237 e. The molecule has 0 bridgehead atoms. The first-order valence-corrected chi connectivity index (χ1v) is 3.86. The predicted octanol–water partition coefficient (Wildman–Crippen LogP) is 1.56. The summed E-state index contributed by atoms with van der Waals surface area (Å²) < 4.78 is 0. The van der Waals surface area contributed by atoms with E-state index in [9.17, 15) is 9.59 Å². The van der Waals surface area contributed by atoms with Crippen LogP contribution in [0.4, 0.5) is 0 Å². The van der Waals surface area contributed by atoms with Crippen LogP contribution in [0.5, 0.6) is 0 Å². The quantitative estimate of drug-likeness (QED) is 0.462. The van der Waals surface area contributed by atoms with Crippen LogP contribution in [0.2, 0.25) is 0 Å². The summed E-state index contributed by atoms with van der Waals surface area (Å²) >= 11 is 0. The molecular weight excluding hydrogens is 156 g/mol. The molecule has 4 nitrogen and oxygen atoms in total. The SMILES string of the molecule is CCCCC(C)(N=C=O)N=C=O. The molecule has 0 spiro atoms. The molecule has 0 fully saturated rings. The predicted molar refractivity (Wildman–Crippen MR) is 44.2 cm³/mol. The smallest absolute Gasteiger partial charge is 0.211 e. The number of unbranched alkanes of at least 4 members (excludes halogenated alkanes) is 1. The summed E-state index contributed by atoms with van der Waals surface area (Å²) in [5.41, 5.74) is -0.945. The molecule has 0 aromatic rings. The van der Waals surface area contributed by atoms with Gasteiger partial charge in [0.2, 0.25) is 12.2 Å². The van der Waals surface area contributed by atoms with Gasteiger partial charge in [-0.1, -0.05) is 13.3 Å². The van der Waals surface area contributed by atoms with Crippen LogP contribution < -0.4 is 0 Å². The molecule has 0 heterocycles. The monoisotopic (exact) mass is 168 g/mol. The van der Waals surface area contributed by atoms with Gasteiger partial charge in [0.05, 0.1) is 0 Å². The molecule has 0 N–H and O–H groups in total. The van der Waals surface area contributed by atoms with E-state index < -0.39 is 5.66 Å². The average Bonchev–Trinajstić information content (AvgIpc) is 2.02. The Labute approximate surface area is 71.4 Å². The molecular formula is C8H12N2O2. The molecule has 0 aromatic carbocycles. The van der Waals surface area contributed by atoms with Gasteiger partial charge in [-0.15, -0.1) is 0 Å². The van der Waals surface area contributed by atoms with E-state index in [0.717, 1.165) is 12.8 Å². The average molecular weight is 168 g/mol. The summed E-state index contributed by atoms with van der Waals surface area (Å²) in [6.45, 7) is 3.62. The Balaban J connectivity index is 4.38. The van der Waals surface area contributed by atoms with Crippen LogP contribution in [0.3, 0.4) is 0 Å². The lowest BCUT2D eigenvalue weighted by molar-refractivity contribution is 0.428. The van der Waals surface area contributed by atoms with Crippen LogP contribution in [-0.2, 0) is 9.59 Å². The third-order valence-electron chi connectivity index (χ3n) is 1.58. The Kier molecular flexibility index (Phi) is 4.86. The molecule has 0 aliphatic carbocycles. The van der Waals surface area contributed by atoms with Gasteiger partial charge >= 0.3 is 0 Å². The zero-order valence-corrected chi connectivity index (χ0v) is 7.33. The molecule has 0 atom stereocenters. The molecule has 12 heavy (non-hydrogen) atoms. The van der Waals surface area contributed by atoms with Crippen LogP contribution in [0.15, 0.2) is 9.98 Å². The van der Waals surface area contributed by atoms with E-state index in [-0.39, 0.29) is 0 Å². The van der Waals surface area contributed by atoms with Gasteiger partial charge in [0.25, 0.3) is 0 Å². The Hall–Kier alpha value is -1.24. The minimum atomic E-state index is -0.945. The standard InChI is InChI=1S/C8H12N2O2/c1-3-4-5-8(2,9-6-11)10-7-12/h3-5H2,1-2H3. The summed E-state index contributed by atoms with van der Waals surface area (Å²) in [7, 11) is 0. The van der Waals surface area contributed by atoms with Crippen molar-refractivity contribution in [2.75, 3.05) is 0 Å². The van der Waals surface area contributed by atoms with Gasteiger partial charge < -0.3 is 0 Å². The normalized spacial score (nSPS) is 13.8. The molecule has 66 valence electrons. The Morgan fingerprint density at radius 2 is 1.75 bits per heavy atom. The highest BCUT2D eigenvalue weighted by atomic mass is 16.1. The molecule has 0 amide bonds. The second kappa shape index (κ2) is 5.42. The number of nitrogens with zero attached hydrogens (tertiary/aromatic N) is 2. The second-order valence-electron chi connectivity index (χ2n) is 2.73. The van der Waals surface area contributed by atoms with Crippen LogP contribution in [0, 0.1) is 0 Å². The maximum atomic E-state index is 9.98. The van der Waals surface area contributed by atoms with Crippen molar-refractivity contribution >= 4 is 12.2 Å². The zero-order chi connectivity index (χ0) is 9.45. The van der Waals surface area contributed by atoms with Crippen molar-refractivity contribution in [1.29, 1.82) is 0 Å². The van der Waals surface area contributed by atoms with E-state index in [0.29, 0.717) is 6.42 Å². The summed E-state index contributed by atoms with van der Waals surface area (Å²) in [6.07, 6.45) is 5.22. The van der Waals surface area contributed by atoms with Crippen molar-refractivity contribution in [3.63, 3.8) is 0 Å². The van der Waals surface area contributed by atoms with Gasteiger partial charge in [0, 0.05) is 0 Å². The van der Waals surface area contributed by atoms with Crippen molar-refractivity contribution in [2.45, 2.75) is 38.8 Å². The Bertz CT molecular complexity index is 207. The molecule has 0 unspecified atom stereocenters. The van der Waals surface area contributed by atoms with Crippen molar-refractivity contribution in [1.82, 2.24) is 0 Å². The molecule has 0 radical (unpaired) electrons. The number of aliphatic imine (C=N–C) groups is 2. The third kappa shape index (κ3) is 3.81. The number of isocyanates is 2. The Morgan fingerprint density at radius 1 is 1.25 bits per heavy atom. The third-order valence-corrected chi connectivity index (χ3v) is 1.58. The first-order chi connectivity index (χ1) is 5.68. The van der Waals surface area contributed by atoms with Crippen molar-refractivity contribution in [3.8, 4) is 0 Å². The van der Waals surface area contributed by atoms with E-state index in [4.69, 9.17) is 0 Å². The van der Waals surface area contributed by atoms with Gasteiger partial charge in [-0.05, 0) is 19.8 Å². The minimum Gasteiger partial charge on any atom is -0.211 e. The topological polar surface area (TPSA) is 58.9 Å². The van der Waals surface area contributed by atoms with Gasteiger partial charge in [-0.25, -0.2) is 9.59 Å². The molecule has 0 aromatic heterocycles. The fourth-order valence-electron chi connectivity index (χ4n) is 0.845. The fraction of sp³-hybridized carbons (Fsp3) is 0.750. The first-order valence-electron chi connectivity index (χ1n) is 3.86. The fourth-order valence-corrected chi connectivity index (χ4v) is 0.845. The lowest BCUT2D eigenvalue weighted by Crippen LogP contribution is -2.17. The number of hydrogen-bond acceptors (Lipinski definition) is 4. The van der Waals surface area contributed by atoms with Crippen molar-refractivity contribution in [2.24, 2.45) is 9.98 Å². The molecule has 0 saturated heterocycles. The summed E-state index contributed by atoms with van der Waals surface area (Å²) in [4.78, 5) is 26.9. The van der Waals surface area contributed by atoms with E-state index in [2.05, 4.69) is 9.98 Å². The van der Waals surface area contributed by atoms with Gasteiger partial charge in [-0.2, -0.15) is 9.98 Å². The summed E-state index contributed by atoms with van der Waals surface area (Å²) in [5.74, 6) is 0. The lowest BCUT2D eigenvalue weighted by Gasteiger charge is -2.14. The lowest BCUT2D eigenvalue weighted by atomic mass is 10.1. The summed E-state index contributed by atoms with van der Waals surface area (Å²) in [6, 6.07) is 0. The summed E-state index contributed by atoms with van der Waals surface area (Å²) in [5, 5.41) is 0. The van der Waals surface area contributed by atoms with Crippen molar-refractivity contribution < 1.29 is 9.59 Å². The highest BCUT2D eigenvalue weighted by Crippen LogP contribution is 2.18. The number of hydrogen-bond donors (Lipinski definition) is 0. The first kappa shape index (κ1) is 10.8. The minimum absolute atomic E-state index is 0.577. The maximum absolute atomic E-state index is 9.98. The van der Waals surface area contributed by atoms with E-state index in [1.165, 1.54) is 12.2 Å². The zero-order valence-electron chi connectivity index (χ0n) is 7.33. The van der Waals surface area contributed by atoms with E-state index in [1.54, 1.807) is 6.92 Å². The second-order valence-corrected chi connectivity index (χ2v) is 2.73. The van der Waals surface area contributed by atoms with Gasteiger partial charge in [0.1, 0.15) is 0 Å². The van der Waals surface area contributed by atoms with Gasteiger partial charge in [0.15, 0.2) is 5.66 Å². The highest BCUT2D eigenvalue weighted by molar-refractivity contribution is 5.38. The van der Waals surface area contributed by atoms with Crippen LogP contribution in [0.25, 0.3) is 0 Å². The van der Waals surface area contributed by atoms with Crippen LogP contribution >= 0.6 is 0 Å². The van der Waals surface area contributed by atoms with Crippen LogP contribution in [0.1, 0.15) is 33.1 Å². The molecule has 0 aliphatic rings. The molecule has 0 aliphatic heterocycles. The highest BCUT2D eigenvalue weighted by Gasteiger charge is 2.20.